The van der Waals surface area contributed by atoms with Gasteiger partial charge in [0.1, 0.15) is 0 Å². The summed E-state index contributed by atoms with van der Waals surface area (Å²) in [7, 11) is 0.821. The molecule has 94 heavy (non-hydrogen) atoms. The minimum absolute atomic E-state index is 0.00463. The number of piperazine rings is 8. The molecule has 0 radical (unpaired) electrons. The maximum atomic E-state index is 10.9. The number of likely N-dealkylation sites (N-methyl/N-ethyl adjacent to an activating group) is 1. The number of rotatable bonds is 13. The first-order valence-corrected chi connectivity index (χ1v) is 37.5. The molecule has 1 unspecified atom stereocenters. The molecule has 558 valence electrons. The Kier molecular flexibility index (Phi) is 69.8. The summed E-state index contributed by atoms with van der Waals surface area (Å²) in [4.78, 5) is 34.1. The van der Waals surface area contributed by atoms with E-state index in [0.717, 1.165) is 242 Å². The van der Waals surface area contributed by atoms with Crippen LogP contribution in [0, 0.1) is 0 Å². The third kappa shape index (κ3) is 66.6. The summed E-state index contributed by atoms with van der Waals surface area (Å²) in [6, 6.07) is 10.7. The summed E-state index contributed by atoms with van der Waals surface area (Å²) in [6.45, 7) is 48.3. The van der Waals surface area contributed by atoms with Crippen molar-refractivity contribution in [1.82, 2.24) is 92.2 Å². The molecule has 1 aromatic rings. The number of ether oxygens (including phenoxy) is 2. The molecule has 0 saturated carbocycles. The van der Waals surface area contributed by atoms with Gasteiger partial charge in [0.25, 0.3) is 0 Å². The summed E-state index contributed by atoms with van der Waals surface area (Å²) in [5.41, 5.74) is 1.42. The van der Waals surface area contributed by atoms with Gasteiger partial charge in [-0.05, 0) is 32.2 Å². The van der Waals surface area contributed by atoms with Gasteiger partial charge in [-0.15, -0.1) is 0 Å². The van der Waals surface area contributed by atoms with E-state index in [1.165, 1.54) is 49.2 Å². The molecule has 9 saturated heterocycles. The topological polar surface area (TPSA) is 363 Å². The summed E-state index contributed by atoms with van der Waals surface area (Å²) in [5.74, 6) is 0.196. The van der Waals surface area contributed by atoms with Crippen LogP contribution in [0.5, 0.6) is 0 Å². The predicted octanol–water partition coefficient (Wildman–Crippen LogP) is -6.01. The van der Waals surface area contributed by atoms with Gasteiger partial charge in [-0.25, -0.2) is 8.42 Å². The van der Waals surface area contributed by atoms with Crippen molar-refractivity contribution in [2.75, 3.05) is 322 Å². The molecule has 0 aromatic heterocycles. The lowest BCUT2D eigenvalue weighted by Gasteiger charge is -2.27. The first kappa shape index (κ1) is 93.4. The molecule has 0 bridgehead atoms. The molecule has 9 fully saturated rings. The van der Waals surface area contributed by atoms with Crippen molar-refractivity contribution in [3.05, 3.63) is 35.9 Å². The molecule has 2 amide bonds. The Morgan fingerprint density at radius 2 is 0.894 bits per heavy atom. The molecular weight excluding hydrogens is 1250 g/mol. The molecule has 9 aliphatic rings. The fourth-order valence-corrected chi connectivity index (χ4v) is 10.0. The van der Waals surface area contributed by atoms with Crippen LogP contribution in [0.15, 0.2) is 30.3 Å². The van der Waals surface area contributed by atoms with Gasteiger partial charge in [0, 0.05) is 283 Å². The standard InChI is InChI=1S/C11H16N2.C8H18N2O2.C7H16N2O.C6H12N2O.C6H14N2O.C5H12N2O2S.C5H12N2.C4H10N2.C4H9NO.C3H7NO.C2H6O.CH4O2S/c1-2-4-11(5-3-1)10-13-8-6-12-7-9-13;11-6-8-12-7-5-10-3-1-9-2-4-10;10-7-1-4-9-5-2-8-3-6-9;1-6(9)8-4-2-7-3-5-8;9-6-5-8-3-1-7-2-4-8;1-10(8,9)7-4-2-6-3-5-7;1-7-4-2-6-3-5-7;1-2-6-4-3-5-1;1-3-6-4-2-5-1;1-3(5)4-2;1-2-3;1-4(2)3/h1-5,12H,6-10H2;9,11H,1-8H2;8,10H,1-7H2;7H,2-5H2,1H3;7,9H,1-6H2;6H,2-5H2,1H3;6H,2-5H2,1H3;5-6H,1-4H2;5H,1-4H2;1-2H3,(H,4,5);3H,2H2,1H3;1H3,(H,2,3)/p-1. The number of sulfonamides is 1. The number of β-amino-alcohol motifs (C(OH)–C–C–N with tert-alkyl or cyclic N) is 1. The van der Waals surface area contributed by atoms with Crippen LogP contribution in [0.4, 0.5) is 0 Å². The minimum atomic E-state index is -2.93. The van der Waals surface area contributed by atoms with Crippen molar-refractivity contribution in [1.29, 1.82) is 0 Å². The molecular formula is C62H135N18O12S2-. The van der Waals surface area contributed by atoms with Gasteiger partial charge in [-0.1, -0.05) is 41.4 Å². The third-order valence-corrected chi connectivity index (χ3v) is 15.8. The second-order valence-electron chi connectivity index (χ2n) is 22.5. The number of carbonyl (C=O) groups excluding carboxylic acids is 2. The molecule has 15 N–H and O–H groups in total. The monoisotopic (exact) mass is 1390 g/mol. The van der Waals surface area contributed by atoms with Crippen LogP contribution in [0.1, 0.15) is 32.8 Å². The summed E-state index contributed by atoms with van der Waals surface area (Å²) in [6.07, 6.45) is 3.25. The molecule has 1 aromatic carbocycles. The van der Waals surface area contributed by atoms with Crippen molar-refractivity contribution in [2.45, 2.75) is 33.7 Å². The molecule has 9 heterocycles. The van der Waals surface area contributed by atoms with Crippen LogP contribution in [0.2, 0.25) is 0 Å². The van der Waals surface area contributed by atoms with Gasteiger partial charge in [-0.3, -0.25) is 28.5 Å². The Morgan fingerprint density at radius 3 is 1.18 bits per heavy atom. The van der Waals surface area contributed by atoms with Crippen LogP contribution in [0.25, 0.3) is 0 Å². The zero-order valence-electron chi connectivity index (χ0n) is 59.1. The number of aliphatic hydroxyl groups excluding tert-OH is 4. The quantitative estimate of drug-likeness (QED) is 0.0646. The van der Waals surface area contributed by atoms with Crippen LogP contribution >= 0.6 is 0 Å². The number of benzene rings is 1. The summed E-state index contributed by atoms with van der Waals surface area (Å²) >= 11 is -1.86. The maximum absolute atomic E-state index is 10.9. The van der Waals surface area contributed by atoms with Gasteiger partial charge >= 0.3 is 0 Å². The van der Waals surface area contributed by atoms with E-state index in [1.54, 1.807) is 20.9 Å². The van der Waals surface area contributed by atoms with Crippen LogP contribution < -0.4 is 58.5 Å². The lowest BCUT2D eigenvalue weighted by molar-refractivity contribution is -0.129. The van der Waals surface area contributed by atoms with Crippen molar-refractivity contribution in [2.24, 2.45) is 0 Å². The van der Waals surface area contributed by atoms with Crippen molar-refractivity contribution in [3.63, 3.8) is 0 Å². The molecule has 30 nitrogen and oxygen atoms in total. The molecule has 0 spiro atoms. The average molecular weight is 1390 g/mol. The Balaban J connectivity index is 0. The number of morpholine rings is 1. The number of aliphatic hydroxyl groups is 4. The number of nitrogens with one attached hydrogen (secondary N) is 11. The van der Waals surface area contributed by atoms with Crippen molar-refractivity contribution >= 4 is 32.9 Å². The third-order valence-electron chi connectivity index (χ3n) is 14.5. The van der Waals surface area contributed by atoms with Crippen LogP contribution in [-0.2, 0) is 46.7 Å². The van der Waals surface area contributed by atoms with E-state index < -0.39 is 21.1 Å². The Morgan fingerprint density at radius 1 is 0.543 bits per heavy atom. The highest BCUT2D eigenvalue weighted by molar-refractivity contribution is 7.88. The number of hydrogen-bond donors (Lipinski definition) is 15. The van der Waals surface area contributed by atoms with E-state index >= 15 is 0 Å². The van der Waals surface area contributed by atoms with Crippen LogP contribution in [-0.4, -0.2) is 405 Å². The average Bonchev–Trinajstić information content (AvgIpc) is 2.26. The largest absolute Gasteiger partial charge is 0.773 e. The van der Waals surface area contributed by atoms with E-state index in [-0.39, 0.29) is 25.0 Å². The minimum Gasteiger partial charge on any atom is -0.773 e. The Bertz CT molecular complexity index is 1840. The number of carbonyl (C=O) groups is 2. The lowest BCUT2D eigenvalue weighted by atomic mass is 10.2. The summed E-state index contributed by atoms with van der Waals surface area (Å²) < 4.78 is 51.4. The van der Waals surface area contributed by atoms with Gasteiger partial charge in [0.15, 0.2) is 0 Å². The molecule has 1 atom stereocenters. The smallest absolute Gasteiger partial charge is 0.219 e. The first-order valence-electron chi connectivity index (χ1n) is 34.1. The van der Waals surface area contributed by atoms with E-state index in [0.29, 0.717) is 32.9 Å². The molecule has 10 rings (SSSR count). The fourth-order valence-electron chi connectivity index (χ4n) is 9.16. The highest BCUT2D eigenvalue weighted by atomic mass is 32.2. The normalized spacial score (nSPS) is 20.0. The second-order valence-corrected chi connectivity index (χ2v) is 25.3. The maximum Gasteiger partial charge on any atom is 0.219 e. The van der Waals surface area contributed by atoms with Gasteiger partial charge < -0.3 is 108 Å². The number of amides is 2. The zero-order chi connectivity index (χ0) is 69.8. The van der Waals surface area contributed by atoms with Crippen LogP contribution in [0.3, 0.4) is 0 Å². The van der Waals surface area contributed by atoms with Gasteiger partial charge in [0.05, 0.1) is 45.9 Å². The van der Waals surface area contributed by atoms with E-state index in [9.17, 15) is 18.0 Å². The van der Waals surface area contributed by atoms with E-state index in [1.807, 2.05) is 4.90 Å². The molecule has 0 aliphatic carbocycles. The highest BCUT2D eigenvalue weighted by Crippen LogP contribution is 2.05. The lowest BCUT2D eigenvalue weighted by Crippen LogP contribution is -2.45. The SMILES string of the molecule is C1CNCCN1.C1COCCN1.CC(=O)N1CCNCC1.CCO.CN1CCNCC1.CNC(C)=O.CS(=O)(=O)N1CCNCC1.CS(=O)[O-].OCCCN1CCNCC1.OCCN1CCNCC1.OCCOCCN1CCNCC1.c1ccc(CN2CCNCC2)cc1. The Hall–Kier alpha value is -2.66. The first-order chi connectivity index (χ1) is 45.5. The highest BCUT2D eigenvalue weighted by Gasteiger charge is 2.18. The summed E-state index contributed by atoms with van der Waals surface area (Å²) in [5, 5.41) is 67.8. The van der Waals surface area contributed by atoms with E-state index in [4.69, 9.17) is 38.7 Å². The van der Waals surface area contributed by atoms with Crippen molar-refractivity contribution < 1.29 is 56.7 Å². The molecule has 32 heteroatoms. The van der Waals surface area contributed by atoms with Crippen molar-refractivity contribution in [3.8, 4) is 0 Å². The predicted molar refractivity (Wildman–Crippen MR) is 381 cm³/mol. The van der Waals surface area contributed by atoms with Gasteiger partial charge in [0.2, 0.25) is 21.8 Å². The number of hydrogen-bond acceptors (Lipinski definition) is 27. The zero-order valence-corrected chi connectivity index (χ0v) is 60.8. The fraction of sp³-hybridized carbons (Fsp3) is 0.871. The van der Waals surface area contributed by atoms with E-state index in [2.05, 4.69) is 120 Å². The Labute approximate surface area is 570 Å². The van der Waals surface area contributed by atoms with Gasteiger partial charge in [-0.2, -0.15) is 4.31 Å². The molecule has 9 aliphatic heterocycles. The second kappa shape index (κ2) is 70.2. The number of nitrogens with zero attached hydrogens (tertiary/aromatic N) is 7.